The van der Waals surface area contributed by atoms with E-state index in [0.717, 1.165) is 0 Å². The van der Waals surface area contributed by atoms with Gasteiger partial charge in [0, 0.05) is 33.8 Å². The normalized spacial score (nSPS) is 12.1. The molecule has 0 aliphatic heterocycles. The van der Waals surface area contributed by atoms with E-state index < -0.39 is 17.7 Å². The first-order valence-electron chi connectivity index (χ1n) is 10.7. The topological polar surface area (TPSA) is 53.4 Å². The molecule has 0 N–H and O–H groups in total. The molecule has 0 saturated carbocycles. The van der Waals surface area contributed by atoms with Gasteiger partial charge < -0.3 is 9.47 Å². The van der Waals surface area contributed by atoms with E-state index >= 15 is 0 Å². The van der Waals surface area contributed by atoms with Crippen molar-refractivity contribution in [1.82, 2.24) is 9.55 Å². The van der Waals surface area contributed by atoms with Crippen molar-refractivity contribution in [3.05, 3.63) is 82.5 Å². The highest BCUT2D eigenvalue weighted by atomic mass is 35.5. The number of alkyl halides is 3. The minimum absolute atomic E-state index is 0.297. The summed E-state index contributed by atoms with van der Waals surface area (Å²) in [6, 6.07) is 15.4. The van der Waals surface area contributed by atoms with Crippen molar-refractivity contribution in [3.8, 4) is 17.4 Å². The number of ketones is 1. The molecule has 4 aromatic rings. The van der Waals surface area contributed by atoms with Gasteiger partial charge in [-0.3, -0.25) is 9.36 Å². The lowest BCUT2D eigenvalue weighted by Gasteiger charge is -2.20. The highest BCUT2D eigenvalue weighted by Crippen LogP contribution is 2.35. The summed E-state index contributed by atoms with van der Waals surface area (Å²) in [5, 5.41) is 0.940. The van der Waals surface area contributed by atoms with Gasteiger partial charge >= 0.3 is 6.36 Å². The average molecular weight is 503 g/mol. The molecule has 0 aliphatic carbocycles. The molecule has 182 valence electrons. The Morgan fingerprint density at radius 1 is 0.971 bits per heavy atom. The van der Waals surface area contributed by atoms with Crippen molar-refractivity contribution in [3.63, 3.8) is 0 Å². The van der Waals surface area contributed by atoms with Crippen LogP contribution in [0.15, 0.2) is 60.7 Å². The number of rotatable bonds is 5. The minimum Gasteiger partial charge on any atom is -0.472 e. The van der Waals surface area contributed by atoms with E-state index in [4.69, 9.17) is 16.3 Å². The van der Waals surface area contributed by atoms with E-state index in [1.165, 1.54) is 18.2 Å². The number of hydrogen-bond acceptors (Lipinski definition) is 4. The van der Waals surface area contributed by atoms with Crippen molar-refractivity contribution >= 4 is 28.3 Å². The maximum absolute atomic E-state index is 13.5. The Hall–Kier alpha value is -3.52. The molecule has 5 nitrogen and oxygen atoms in total. The number of pyridine rings is 1. The van der Waals surface area contributed by atoms with E-state index in [-0.39, 0.29) is 5.78 Å². The van der Waals surface area contributed by atoms with Crippen LogP contribution >= 0.6 is 11.6 Å². The van der Waals surface area contributed by atoms with Crippen LogP contribution in [-0.2, 0) is 0 Å². The zero-order valence-corrected chi connectivity index (χ0v) is 20.2. The Kier molecular flexibility index (Phi) is 6.27. The van der Waals surface area contributed by atoms with Crippen LogP contribution in [0.4, 0.5) is 13.2 Å². The van der Waals surface area contributed by atoms with Gasteiger partial charge in [0.2, 0.25) is 5.88 Å². The first-order valence-corrected chi connectivity index (χ1v) is 11.1. The molecule has 2 aromatic heterocycles. The van der Waals surface area contributed by atoms with Gasteiger partial charge in [-0.05, 0) is 70.2 Å². The number of benzene rings is 2. The number of halogens is 4. The van der Waals surface area contributed by atoms with Crippen molar-refractivity contribution in [2.24, 2.45) is 0 Å². The Labute approximate surface area is 205 Å². The van der Waals surface area contributed by atoms with Crippen LogP contribution in [0, 0.1) is 6.92 Å². The summed E-state index contributed by atoms with van der Waals surface area (Å²) in [4.78, 5) is 18.0. The molecular formula is C26H22ClF3N2O3. The third-order valence-electron chi connectivity index (χ3n) is 5.09. The molecule has 4 rings (SSSR count). The van der Waals surface area contributed by atoms with Gasteiger partial charge in [-0.15, -0.1) is 13.2 Å². The molecule has 0 fully saturated rings. The maximum Gasteiger partial charge on any atom is 0.573 e. The van der Waals surface area contributed by atoms with Gasteiger partial charge in [0.25, 0.3) is 0 Å². The Morgan fingerprint density at radius 3 is 2.29 bits per heavy atom. The van der Waals surface area contributed by atoms with Crippen molar-refractivity contribution in [2.75, 3.05) is 0 Å². The molecule has 0 unspecified atom stereocenters. The van der Waals surface area contributed by atoms with E-state index in [2.05, 4.69) is 9.72 Å². The predicted molar refractivity (Wildman–Crippen MR) is 128 cm³/mol. The van der Waals surface area contributed by atoms with Crippen molar-refractivity contribution in [2.45, 2.75) is 39.7 Å². The largest absolute Gasteiger partial charge is 0.573 e. The molecule has 2 aromatic carbocycles. The van der Waals surface area contributed by atoms with Gasteiger partial charge in [0.05, 0.1) is 11.1 Å². The lowest BCUT2D eigenvalue weighted by molar-refractivity contribution is -0.274. The Morgan fingerprint density at radius 2 is 1.66 bits per heavy atom. The van der Waals surface area contributed by atoms with E-state index in [1.54, 1.807) is 54.0 Å². The van der Waals surface area contributed by atoms with Crippen molar-refractivity contribution in [1.29, 1.82) is 0 Å². The third kappa shape index (κ3) is 5.43. The zero-order chi connectivity index (χ0) is 25.5. The first-order chi connectivity index (χ1) is 16.3. The number of carbonyl (C=O) groups excluding carboxylic acids is 1. The molecule has 0 amide bonds. The second-order valence-electron chi connectivity index (χ2n) is 8.91. The summed E-state index contributed by atoms with van der Waals surface area (Å²) in [6.07, 6.45) is -4.86. The lowest BCUT2D eigenvalue weighted by Crippen LogP contribution is -2.23. The number of hydrogen-bond donors (Lipinski definition) is 0. The van der Waals surface area contributed by atoms with E-state index in [1.807, 2.05) is 20.8 Å². The Bertz CT molecular complexity index is 1400. The second kappa shape index (κ2) is 8.92. The predicted octanol–water partition coefficient (Wildman–Crippen LogP) is 7.29. The van der Waals surface area contributed by atoms with Crippen LogP contribution in [0.1, 0.15) is 42.4 Å². The highest BCUT2D eigenvalue weighted by Gasteiger charge is 2.32. The molecule has 0 aliphatic rings. The second-order valence-corrected chi connectivity index (χ2v) is 9.34. The van der Waals surface area contributed by atoms with Crippen LogP contribution in [0.25, 0.3) is 16.7 Å². The monoisotopic (exact) mass is 502 g/mol. The number of aromatic nitrogens is 2. The van der Waals surface area contributed by atoms with Crippen LogP contribution in [0.5, 0.6) is 11.6 Å². The Balaban J connectivity index is 1.94. The molecular weight excluding hydrogens is 481 g/mol. The van der Waals surface area contributed by atoms with Crippen LogP contribution in [0.3, 0.4) is 0 Å². The summed E-state index contributed by atoms with van der Waals surface area (Å²) in [5.74, 6) is 0.0175. The fourth-order valence-corrected chi connectivity index (χ4v) is 3.94. The summed E-state index contributed by atoms with van der Waals surface area (Å²) >= 11 is 5.96. The molecule has 9 heteroatoms. The molecule has 0 radical (unpaired) electrons. The van der Waals surface area contributed by atoms with Gasteiger partial charge in [0.15, 0.2) is 5.78 Å². The molecule has 0 spiro atoms. The molecule has 35 heavy (non-hydrogen) atoms. The molecule has 0 atom stereocenters. The van der Waals surface area contributed by atoms with E-state index in [0.29, 0.717) is 44.4 Å². The van der Waals surface area contributed by atoms with Crippen LogP contribution < -0.4 is 9.47 Å². The summed E-state index contributed by atoms with van der Waals surface area (Å²) in [6.45, 7) is 7.34. The third-order valence-corrected chi connectivity index (χ3v) is 5.34. The van der Waals surface area contributed by atoms with Gasteiger partial charge in [-0.1, -0.05) is 17.7 Å². The number of nitrogens with zero attached hydrogens (tertiary/aromatic N) is 2. The number of ether oxygens (including phenoxy) is 2. The van der Waals surface area contributed by atoms with Gasteiger partial charge in [-0.2, -0.15) is 4.98 Å². The SMILES string of the molecule is Cc1c(C(=O)c2ccc(Cl)cc2)c2ccc(OC(F)(F)F)cc2n1-c1cccc(OC(C)(C)C)n1. The zero-order valence-electron chi connectivity index (χ0n) is 19.4. The minimum atomic E-state index is -4.86. The van der Waals surface area contributed by atoms with Crippen molar-refractivity contribution < 1.29 is 27.4 Å². The van der Waals surface area contributed by atoms with Gasteiger partial charge in [0.1, 0.15) is 17.2 Å². The molecule has 0 bridgehead atoms. The number of fused-ring (bicyclic) bond motifs is 1. The summed E-state index contributed by atoms with van der Waals surface area (Å²) in [5.41, 5.74) is 1.06. The van der Waals surface area contributed by atoms with Gasteiger partial charge in [-0.25, -0.2) is 0 Å². The first kappa shape index (κ1) is 24.6. The standard InChI is InChI=1S/C26H22ClF3N2O3/c1-15-23(24(33)16-8-10-17(27)11-9-16)19-13-12-18(34-26(28,29)30)14-20(19)32(15)21-6-5-7-22(31-21)35-25(2,3)4/h5-14H,1-4H3. The maximum atomic E-state index is 13.5. The average Bonchev–Trinajstić information content (AvgIpc) is 3.02. The highest BCUT2D eigenvalue weighted by molar-refractivity contribution is 6.30. The number of carbonyl (C=O) groups is 1. The lowest BCUT2D eigenvalue weighted by atomic mass is 10.0. The summed E-state index contributed by atoms with van der Waals surface area (Å²) < 4.78 is 50.4. The van der Waals surface area contributed by atoms with E-state index in [9.17, 15) is 18.0 Å². The smallest absolute Gasteiger partial charge is 0.472 e. The fourth-order valence-electron chi connectivity index (χ4n) is 3.82. The van der Waals surface area contributed by atoms with Crippen LogP contribution in [0.2, 0.25) is 5.02 Å². The quantitative estimate of drug-likeness (QED) is 0.269. The van der Waals surface area contributed by atoms with Crippen LogP contribution in [-0.4, -0.2) is 27.3 Å². The summed E-state index contributed by atoms with van der Waals surface area (Å²) in [7, 11) is 0. The molecule has 0 saturated heterocycles. The fraction of sp³-hybridized carbons (Fsp3) is 0.231. The molecule has 2 heterocycles.